The summed E-state index contributed by atoms with van der Waals surface area (Å²) < 4.78 is 4.77. The molecule has 0 fully saturated rings. The number of fused-ring (bicyclic) bond motifs is 6. The van der Waals surface area contributed by atoms with Gasteiger partial charge in [-0.05, 0) is 65.7 Å². The zero-order chi connectivity index (χ0) is 37.0. The van der Waals surface area contributed by atoms with Crippen molar-refractivity contribution in [3.63, 3.8) is 0 Å². The minimum Gasteiger partial charge on any atom is -0.309 e. The molecule has 262 valence electrons. The van der Waals surface area contributed by atoms with E-state index in [9.17, 15) is 0 Å². The van der Waals surface area contributed by atoms with Gasteiger partial charge in [-0.2, -0.15) is 0 Å². The smallest absolute Gasteiger partial charge is 0.164 e. The monoisotopic (exact) mass is 715 g/mol. The maximum absolute atomic E-state index is 5.14. The quantitative estimate of drug-likeness (QED) is 0.172. The Morgan fingerprint density at radius 1 is 0.250 bits per heavy atom. The molecule has 0 aliphatic carbocycles. The molecule has 0 amide bonds. The molecule has 0 saturated carbocycles. The number of nitrogens with zero attached hydrogens (tertiary/aromatic N) is 5. The van der Waals surface area contributed by atoms with Crippen LogP contribution >= 0.6 is 0 Å². The second-order valence-corrected chi connectivity index (χ2v) is 14.1. The van der Waals surface area contributed by atoms with Gasteiger partial charge in [0, 0.05) is 49.6 Å². The van der Waals surface area contributed by atoms with Crippen LogP contribution in [0, 0.1) is 0 Å². The Balaban J connectivity index is 1.16. The van der Waals surface area contributed by atoms with Crippen molar-refractivity contribution in [1.29, 1.82) is 0 Å². The van der Waals surface area contributed by atoms with Gasteiger partial charge in [0.2, 0.25) is 0 Å². The van der Waals surface area contributed by atoms with Gasteiger partial charge in [-0.3, -0.25) is 0 Å². The summed E-state index contributed by atoms with van der Waals surface area (Å²) in [5.41, 5.74) is 11.8. The van der Waals surface area contributed by atoms with Crippen LogP contribution in [-0.2, 0) is 0 Å². The number of benzene rings is 8. The normalized spacial score (nSPS) is 11.6. The van der Waals surface area contributed by atoms with Crippen molar-refractivity contribution in [1.82, 2.24) is 24.1 Å². The zero-order valence-corrected chi connectivity index (χ0v) is 30.3. The van der Waals surface area contributed by atoms with Crippen LogP contribution in [0.1, 0.15) is 0 Å². The van der Waals surface area contributed by atoms with Crippen LogP contribution < -0.4 is 0 Å². The second kappa shape index (κ2) is 13.0. The zero-order valence-electron chi connectivity index (χ0n) is 30.3. The van der Waals surface area contributed by atoms with Gasteiger partial charge in [0.1, 0.15) is 0 Å². The van der Waals surface area contributed by atoms with E-state index in [1.54, 1.807) is 0 Å². The summed E-state index contributed by atoms with van der Waals surface area (Å²) in [6.07, 6.45) is 0. The van der Waals surface area contributed by atoms with Gasteiger partial charge in [0.25, 0.3) is 0 Å². The fraction of sp³-hybridized carbons (Fsp3) is 0. The fourth-order valence-electron chi connectivity index (χ4n) is 8.18. The summed E-state index contributed by atoms with van der Waals surface area (Å²) in [6.45, 7) is 0. The molecule has 0 atom stereocenters. The van der Waals surface area contributed by atoms with Crippen LogP contribution in [0.4, 0.5) is 0 Å². The predicted octanol–water partition coefficient (Wildman–Crippen LogP) is 12.7. The lowest BCUT2D eigenvalue weighted by Gasteiger charge is -2.15. The van der Waals surface area contributed by atoms with Gasteiger partial charge in [-0.15, -0.1) is 0 Å². The number of hydrogen-bond donors (Lipinski definition) is 0. The highest BCUT2D eigenvalue weighted by Gasteiger charge is 2.19. The third kappa shape index (κ3) is 5.29. The highest BCUT2D eigenvalue weighted by molar-refractivity contribution is 6.12. The Bertz CT molecular complexity index is 3120. The van der Waals surface area contributed by atoms with E-state index in [1.165, 1.54) is 32.6 Å². The van der Waals surface area contributed by atoms with E-state index in [0.29, 0.717) is 17.5 Å². The molecule has 56 heavy (non-hydrogen) atoms. The number of hydrogen-bond acceptors (Lipinski definition) is 3. The lowest BCUT2D eigenvalue weighted by atomic mass is 10.0. The van der Waals surface area contributed by atoms with E-state index in [4.69, 9.17) is 15.0 Å². The lowest BCUT2D eigenvalue weighted by molar-refractivity contribution is 1.07. The Kier molecular flexibility index (Phi) is 7.42. The van der Waals surface area contributed by atoms with Crippen LogP contribution in [0.15, 0.2) is 200 Å². The summed E-state index contributed by atoms with van der Waals surface area (Å²) in [5.74, 6) is 1.89. The molecule has 3 heterocycles. The van der Waals surface area contributed by atoms with Gasteiger partial charge in [-0.1, -0.05) is 146 Å². The van der Waals surface area contributed by atoms with E-state index >= 15 is 0 Å². The first-order valence-corrected chi connectivity index (χ1v) is 18.9. The molecular weight excluding hydrogens is 683 g/mol. The van der Waals surface area contributed by atoms with E-state index in [0.717, 1.165) is 50.2 Å². The topological polar surface area (TPSA) is 48.5 Å². The summed E-state index contributed by atoms with van der Waals surface area (Å²) >= 11 is 0. The van der Waals surface area contributed by atoms with Crippen molar-refractivity contribution in [2.75, 3.05) is 0 Å². The molecule has 0 unspecified atom stereocenters. The molecule has 0 aliphatic rings. The average molecular weight is 716 g/mol. The Hall–Kier alpha value is -7.63. The van der Waals surface area contributed by atoms with Crippen LogP contribution in [0.2, 0.25) is 0 Å². The summed E-state index contributed by atoms with van der Waals surface area (Å²) in [6, 6.07) is 70.4. The third-order valence-electron chi connectivity index (χ3n) is 10.7. The fourth-order valence-corrected chi connectivity index (χ4v) is 8.18. The largest absolute Gasteiger partial charge is 0.309 e. The van der Waals surface area contributed by atoms with Crippen molar-refractivity contribution in [3.8, 4) is 56.7 Å². The highest BCUT2D eigenvalue weighted by Crippen LogP contribution is 2.39. The molecule has 0 saturated heterocycles. The van der Waals surface area contributed by atoms with Crippen molar-refractivity contribution in [2.24, 2.45) is 0 Å². The van der Waals surface area contributed by atoms with Crippen molar-refractivity contribution >= 4 is 43.6 Å². The Morgan fingerprint density at radius 2 is 0.643 bits per heavy atom. The molecule has 3 aromatic heterocycles. The van der Waals surface area contributed by atoms with Gasteiger partial charge in [0.05, 0.1) is 22.1 Å². The average Bonchev–Trinajstić information content (AvgIpc) is 3.80. The number of aromatic nitrogens is 5. The first-order valence-electron chi connectivity index (χ1n) is 18.9. The Morgan fingerprint density at radius 3 is 1.18 bits per heavy atom. The summed E-state index contributed by atoms with van der Waals surface area (Å²) in [5, 5.41) is 4.87. The maximum Gasteiger partial charge on any atom is 0.164 e. The second-order valence-electron chi connectivity index (χ2n) is 14.1. The third-order valence-corrected chi connectivity index (χ3v) is 10.7. The molecule has 8 aromatic carbocycles. The summed E-state index contributed by atoms with van der Waals surface area (Å²) in [7, 11) is 0. The van der Waals surface area contributed by atoms with Crippen LogP contribution in [0.3, 0.4) is 0 Å². The SMILES string of the molecule is c1ccc(-c2cc(-c3nc(-c4ccccc4)nc(-c4ccccc4)n3)cc(-n3c4ccccc4c4cc(-n5c6ccccc6c6ccccc65)ccc43)c2)cc1. The van der Waals surface area contributed by atoms with Crippen molar-refractivity contribution in [2.45, 2.75) is 0 Å². The predicted molar refractivity (Wildman–Crippen MR) is 230 cm³/mol. The Labute approximate surface area is 323 Å². The molecule has 0 bridgehead atoms. The van der Waals surface area contributed by atoms with E-state index in [-0.39, 0.29) is 0 Å². The van der Waals surface area contributed by atoms with Gasteiger partial charge < -0.3 is 9.13 Å². The molecule has 0 aliphatic heterocycles. The molecule has 5 nitrogen and oxygen atoms in total. The lowest BCUT2D eigenvalue weighted by Crippen LogP contribution is -2.02. The molecular formula is C51H33N5. The van der Waals surface area contributed by atoms with E-state index in [1.807, 2.05) is 60.7 Å². The molecule has 11 aromatic rings. The van der Waals surface area contributed by atoms with Crippen LogP contribution in [0.25, 0.3) is 100 Å². The summed E-state index contributed by atoms with van der Waals surface area (Å²) in [4.78, 5) is 15.2. The van der Waals surface area contributed by atoms with Crippen molar-refractivity contribution < 1.29 is 0 Å². The molecule has 0 N–H and O–H groups in total. The van der Waals surface area contributed by atoms with Crippen LogP contribution in [-0.4, -0.2) is 24.1 Å². The van der Waals surface area contributed by atoms with Gasteiger partial charge in [0.15, 0.2) is 17.5 Å². The van der Waals surface area contributed by atoms with Gasteiger partial charge >= 0.3 is 0 Å². The van der Waals surface area contributed by atoms with Crippen molar-refractivity contribution in [3.05, 3.63) is 200 Å². The first kappa shape index (κ1) is 31.9. The van der Waals surface area contributed by atoms with E-state index in [2.05, 4.69) is 149 Å². The van der Waals surface area contributed by atoms with E-state index < -0.39 is 0 Å². The minimum atomic E-state index is 0.617. The molecule has 0 radical (unpaired) electrons. The number of para-hydroxylation sites is 3. The van der Waals surface area contributed by atoms with Gasteiger partial charge in [-0.25, -0.2) is 15.0 Å². The number of rotatable bonds is 6. The standard InChI is InChI=1S/C51H33N5/c1-4-16-34(17-5-1)37-30-38(51-53-49(35-18-6-2-7-19-35)52-50(54-51)36-20-8-3-9-21-36)32-40(31-37)56-47-27-15-12-24-43(47)44-33-39(28-29-48(44)56)55-45-25-13-10-22-41(45)42-23-11-14-26-46(42)55/h1-33H. The molecule has 0 spiro atoms. The molecule has 11 rings (SSSR count). The maximum atomic E-state index is 5.14. The first-order chi connectivity index (χ1) is 27.8. The highest BCUT2D eigenvalue weighted by atomic mass is 15.0. The molecule has 5 heteroatoms. The minimum absolute atomic E-state index is 0.617. The van der Waals surface area contributed by atoms with Crippen LogP contribution in [0.5, 0.6) is 0 Å².